The van der Waals surface area contributed by atoms with E-state index in [1.165, 1.54) is 6.33 Å². The van der Waals surface area contributed by atoms with Gasteiger partial charge in [0.05, 0.1) is 12.6 Å². The number of nitrogens with one attached hydrogen (secondary N) is 1. The number of hydrogen-bond donors (Lipinski definition) is 1. The van der Waals surface area contributed by atoms with Crippen LogP contribution in [0.2, 0.25) is 10.0 Å². The number of carbonyl (C=O) groups excluding carboxylic acids is 1. The van der Waals surface area contributed by atoms with Gasteiger partial charge in [-0.05, 0) is 42.3 Å². The van der Waals surface area contributed by atoms with E-state index in [4.69, 9.17) is 23.2 Å². The Hall–Kier alpha value is -2.37. The quantitative estimate of drug-likeness (QED) is 0.730. The zero-order chi connectivity index (χ0) is 17.8. The van der Waals surface area contributed by atoms with Gasteiger partial charge in [-0.25, -0.2) is 9.67 Å². The van der Waals surface area contributed by atoms with Gasteiger partial charge in [0.1, 0.15) is 12.7 Å². The molecule has 1 heterocycles. The number of amides is 1. The Labute approximate surface area is 155 Å². The Morgan fingerprint density at radius 1 is 1.20 bits per heavy atom. The lowest BCUT2D eigenvalue weighted by atomic mass is 10.1. The molecule has 0 aliphatic rings. The molecule has 128 valence electrons. The summed E-state index contributed by atoms with van der Waals surface area (Å²) in [6.45, 7) is 2.49. The van der Waals surface area contributed by atoms with E-state index in [1.54, 1.807) is 35.3 Å². The Morgan fingerprint density at radius 3 is 2.60 bits per heavy atom. The van der Waals surface area contributed by atoms with E-state index >= 15 is 0 Å². The highest BCUT2D eigenvalue weighted by molar-refractivity contribution is 6.35. The van der Waals surface area contributed by atoms with Gasteiger partial charge in [0.25, 0.3) is 5.91 Å². The summed E-state index contributed by atoms with van der Waals surface area (Å²) in [5, 5.41) is 8.10. The predicted molar refractivity (Wildman–Crippen MR) is 97.9 cm³/mol. The van der Waals surface area contributed by atoms with Crippen molar-refractivity contribution in [3.63, 3.8) is 0 Å². The fourth-order valence-corrected chi connectivity index (χ4v) is 3.05. The number of benzene rings is 2. The van der Waals surface area contributed by atoms with Gasteiger partial charge in [-0.2, -0.15) is 5.10 Å². The standard InChI is InChI=1S/C18H16Cl2N4O/c1-12(16-7-6-15(19)8-17(16)20)23-18(25)14-4-2-13(3-5-14)9-24-11-21-10-22-24/h2-8,10-12H,9H2,1H3,(H,23,25). The number of aromatic nitrogens is 3. The first-order valence-corrected chi connectivity index (χ1v) is 8.45. The fourth-order valence-electron chi connectivity index (χ4n) is 2.47. The van der Waals surface area contributed by atoms with Crippen molar-refractivity contribution in [3.8, 4) is 0 Å². The van der Waals surface area contributed by atoms with Crippen molar-refractivity contribution < 1.29 is 4.79 Å². The van der Waals surface area contributed by atoms with E-state index in [1.807, 2.05) is 25.1 Å². The molecule has 2 aromatic carbocycles. The van der Waals surface area contributed by atoms with Crippen molar-refractivity contribution in [1.29, 1.82) is 0 Å². The van der Waals surface area contributed by atoms with E-state index in [9.17, 15) is 4.79 Å². The fraction of sp³-hybridized carbons (Fsp3) is 0.167. The van der Waals surface area contributed by atoms with Crippen LogP contribution in [-0.2, 0) is 6.54 Å². The molecule has 3 rings (SSSR count). The van der Waals surface area contributed by atoms with Crippen molar-refractivity contribution in [2.24, 2.45) is 0 Å². The highest BCUT2D eigenvalue weighted by atomic mass is 35.5. The van der Waals surface area contributed by atoms with Crippen LogP contribution in [0.4, 0.5) is 0 Å². The maximum Gasteiger partial charge on any atom is 0.251 e. The minimum Gasteiger partial charge on any atom is -0.345 e. The Balaban J connectivity index is 1.66. The molecule has 7 heteroatoms. The SMILES string of the molecule is CC(NC(=O)c1ccc(Cn2cncn2)cc1)c1ccc(Cl)cc1Cl. The average molecular weight is 375 g/mol. The number of rotatable bonds is 5. The predicted octanol–water partition coefficient (Wildman–Crippen LogP) is 4.12. The first-order chi connectivity index (χ1) is 12.0. The zero-order valence-corrected chi connectivity index (χ0v) is 15.0. The second-order valence-electron chi connectivity index (χ2n) is 5.65. The molecule has 0 fully saturated rings. The molecule has 1 atom stereocenters. The summed E-state index contributed by atoms with van der Waals surface area (Å²) in [4.78, 5) is 16.3. The first-order valence-electron chi connectivity index (χ1n) is 7.70. The average Bonchev–Trinajstić information content (AvgIpc) is 3.08. The highest BCUT2D eigenvalue weighted by Crippen LogP contribution is 2.26. The van der Waals surface area contributed by atoms with Crippen LogP contribution in [0.5, 0.6) is 0 Å². The van der Waals surface area contributed by atoms with E-state index in [2.05, 4.69) is 15.4 Å². The Kier molecular flexibility index (Phi) is 5.36. The molecule has 3 aromatic rings. The molecule has 1 N–H and O–H groups in total. The Bertz CT molecular complexity index is 863. The molecule has 0 spiro atoms. The molecule has 5 nitrogen and oxygen atoms in total. The highest BCUT2D eigenvalue weighted by Gasteiger charge is 2.14. The summed E-state index contributed by atoms with van der Waals surface area (Å²) in [5.41, 5.74) is 2.44. The van der Waals surface area contributed by atoms with Crippen LogP contribution in [0.15, 0.2) is 55.1 Å². The second-order valence-corrected chi connectivity index (χ2v) is 6.49. The van der Waals surface area contributed by atoms with Crippen LogP contribution in [0.1, 0.15) is 34.5 Å². The minimum absolute atomic E-state index is 0.161. The van der Waals surface area contributed by atoms with Crippen molar-refractivity contribution >= 4 is 29.1 Å². The number of nitrogens with zero attached hydrogens (tertiary/aromatic N) is 3. The molecular weight excluding hydrogens is 359 g/mol. The van der Waals surface area contributed by atoms with Crippen LogP contribution in [0, 0.1) is 0 Å². The van der Waals surface area contributed by atoms with E-state index < -0.39 is 0 Å². The lowest BCUT2D eigenvalue weighted by Gasteiger charge is -2.16. The lowest BCUT2D eigenvalue weighted by molar-refractivity contribution is 0.0940. The summed E-state index contributed by atoms with van der Waals surface area (Å²) < 4.78 is 1.72. The minimum atomic E-state index is -0.230. The maximum atomic E-state index is 12.4. The molecule has 25 heavy (non-hydrogen) atoms. The van der Waals surface area contributed by atoms with E-state index in [0.29, 0.717) is 22.2 Å². The molecule has 0 bridgehead atoms. The summed E-state index contributed by atoms with van der Waals surface area (Å²) in [6.07, 6.45) is 3.14. The van der Waals surface area contributed by atoms with Crippen LogP contribution in [0.3, 0.4) is 0 Å². The van der Waals surface area contributed by atoms with Crippen LogP contribution in [-0.4, -0.2) is 20.7 Å². The first kappa shape index (κ1) is 17.5. The Morgan fingerprint density at radius 2 is 1.96 bits per heavy atom. The summed E-state index contributed by atoms with van der Waals surface area (Å²) in [7, 11) is 0. The van der Waals surface area contributed by atoms with Crippen molar-refractivity contribution in [2.45, 2.75) is 19.5 Å². The van der Waals surface area contributed by atoms with Gasteiger partial charge in [-0.1, -0.05) is 41.4 Å². The summed E-state index contributed by atoms with van der Waals surface area (Å²) in [6, 6.07) is 12.4. The monoisotopic (exact) mass is 374 g/mol. The van der Waals surface area contributed by atoms with Gasteiger partial charge < -0.3 is 5.32 Å². The molecule has 1 aromatic heterocycles. The van der Waals surface area contributed by atoms with Crippen LogP contribution in [0.25, 0.3) is 0 Å². The second kappa shape index (κ2) is 7.68. The van der Waals surface area contributed by atoms with E-state index in [0.717, 1.165) is 11.1 Å². The number of hydrogen-bond acceptors (Lipinski definition) is 3. The third-order valence-electron chi connectivity index (χ3n) is 3.80. The van der Waals surface area contributed by atoms with Gasteiger partial charge in [-0.15, -0.1) is 0 Å². The van der Waals surface area contributed by atoms with E-state index in [-0.39, 0.29) is 11.9 Å². The van der Waals surface area contributed by atoms with Gasteiger partial charge in [0.2, 0.25) is 0 Å². The molecular formula is C18H16Cl2N4O. The molecule has 1 amide bonds. The van der Waals surface area contributed by atoms with Crippen molar-refractivity contribution in [3.05, 3.63) is 81.9 Å². The molecule has 0 saturated carbocycles. The summed E-state index contributed by atoms with van der Waals surface area (Å²) >= 11 is 12.1. The number of carbonyl (C=O) groups is 1. The molecule has 0 saturated heterocycles. The summed E-state index contributed by atoms with van der Waals surface area (Å²) in [5.74, 6) is -0.161. The van der Waals surface area contributed by atoms with Gasteiger partial charge >= 0.3 is 0 Å². The third-order valence-corrected chi connectivity index (χ3v) is 4.37. The van der Waals surface area contributed by atoms with Crippen molar-refractivity contribution in [2.75, 3.05) is 0 Å². The molecule has 1 unspecified atom stereocenters. The van der Waals surface area contributed by atoms with Gasteiger partial charge in [0.15, 0.2) is 0 Å². The van der Waals surface area contributed by atoms with Gasteiger partial charge in [-0.3, -0.25) is 4.79 Å². The van der Waals surface area contributed by atoms with Crippen molar-refractivity contribution in [1.82, 2.24) is 20.1 Å². The smallest absolute Gasteiger partial charge is 0.251 e. The third kappa shape index (κ3) is 4.38. The topological polar surface area (TPSA) is 59.8 Å². The normalized spacial score (nSPS) is 12.0. The van der Waals surface area contributed by atoms with Crippen LogP contribution < -0.4 is 5.32 Å². The molecule has 0 radical (unpaired) electrons. The molecule has 0 aliphatic heterocycles. The lowest BCUT2D eigenvalue weighted by Crippen LogP contribution is -2.26. The van der Waals surface area contributed by atoms with Gasteiger partial charge in [0, 0.05) is 15.6 Å². The molecule has 0 aliphatic carbocycles. The zero-order valence-electron chi connectivity index (χ0n) is 13.5. The largest absolute Gasteiger partial charge is 0.345 e. The maximum absolute atomic E-state index is 12.4. The van der Waals surface area contributed by atoms with Crippen LogP contribution >= 0.6 is 23.2 Å². The number of halogens is 2.